The molecule has 0 aliphatic heterocycles. The Balaban J connectivity index is 3.25. The summed E-state index contributed by atoms with van der Waals surface area (Å²) in [6, 6.07) is 0. The molecule has 0 saturated heterocycles. The van der Waals surface area contributed by atoms with Gasteiger partial charge in [-0.3, -0.25) is 4.57 Å². The fourth-order valence-electron chi connectivity index (χ4n) is 3.19. The van der Waals surface area contributed by atoms with Crippen LogP contribution in [-0.2, 0) is 14.0 Å². The Morgan fingerprint density at radius 1 is 0.778 bits per heavy atom. The van der Waals surface area contributed by atoms with E-state index in [2.05, 4.69) is 6.92 Å². The predicted molar refractivity (Wildman–Crippen MR) is 113 cm³/mol. The van der Waals surface area contributed by atoms with Crippen LogP contribution < -0.4 is 0 Å². The van der Waals surface area contributed by atoms with E-state index in [1.807, 2.05) is 0 Å². The zero-order valence-corrected chi connectivity index (χ0v) is 18.8. The van der Waals surface area contributed by atoms with Gasteiger partial charge in [0, 0.05) is 13.7 Å². The minimum absolute atomic E-state index is 0.145. The molecule has 1 unspecified atom stereocenters. The summed E-state index contributed by atoms with van der Waals surface area (Å²) in [5.74, 6) is 0. The highest BCUT2D eigenvalue weighted by Gasteiger charge is 2.17. The van der Waals surface area contributed by atoms with Crippen molar-refractivity contribution in [1.29, 1.82) is 0 Å². The van der Waals surface area contributed by atoms with E-state index in [-0.39, 0.29) is 12.3 Å². The average molecular weight is 409 g/mol. The van der Waals surface area contributed by atoms with Gasteiger partial charge in [-0.25, -0.2) is 0 Å². The third-order valence-electron chi connectivity index (χ3n) is 5.02. The molecule has 5 nitrogen and oxygen atoms in total. The molecule has 6 heteroatoms. The summed E-state index contributed by atoms with van der Waals surface area (Å²) in [5.41, 5.74) is 0. The second kappa shape index (κ2) is 19.4. The average Bonchev–Trinajstić information content (AvgIpc) is 2.63. The maximum absolute atomic E-state index is 10.9. The van der Waals surface area contributed by atoms with Crippen LogP contribution in [-0.4, -0.2) is 42.4 Å². The van der Waals surface area contributed by atoms with E-state index in [0.29, 0.717) is 19.6 Å². The lowest BCUT2D eigenvalue weighted by Crippen LogP contribution is -2.20. The van der Waals surface area contributed by atoms with Crippen molar-refractivity contribution in [1.82, 2.24) is 0 Å². The van der Waals surface area contributed by atoms with Gasteiger partial charge in [0.15, 0.2) is 0 Å². The van der Waals surface area contributed by atoms with Crippen LogP contribution in [0, 0.1) is 0 Å². The molecule has 0 heterocycles. The van der Waals surface area contributed by atoms with E-state index >= 15 is 0 Å². The Morgan fingerprint density at radius 2 is 1.22 bits per heavy atom. The quantitative estimate of drug-likeness (QED) is 0.178. The summed E-state index contributed by atoms with van der Waals surface area (Å²) in [6.45, 7) is 3.38. The van der Waals surface area contributed by atoms with E-state index in [0.717, 1.165) is 6.42 Å². The molecule has 0 aromatic heterocycles. The summed E-state index contributed by atoms with van der Waals surface area (Å²) in [5, 5.41) is 0. The number of rotatable bonds is 21. The molecule has 164 valence electrons. The maximum Gasteiger partial charge on any atom is 0.325 e. The fourth-order valence-corrected chi connectivity index (χ4v) is 3.82. The highest BCUT2D eigenvalue weighted by Crippen LogP contribution is 2.35. The van der Waals surface area contributed by atoms with Crippen molar-refractivity contribution in [2.75, 3.05) is 26.5 Å². The van der Waals surface area contributed by atoms with Crippen LogP contribution in [0.25, 0.3) is 0 Å². The molecule has 0 aromatic rings. The third-order valence-corrected chi connectivity index (χ3v) is 5.86. The van der Waals surface area contributed by atoms with Gasteiger partial charge in [-0.1, -0.05) is 90.4 Å². The van der Waals surface area contributed by atoms with Gasteiger partial charge >= 0.3 is 7.60 Å². The van der Waals surface area contributed by atoms with E-state index in [1.165, 1.54) is 83.5 Å². The lowest BCUT2D eigenvalue weighted by atomic mass is 10.0. The lowest BCUT2D eigenvalue weighted by molar-refractivity contribution is 0.00575. The fraction of sp³-hybridized carbons (Fsp3) is 1.00. The molecule has 0 aliphatic rings. The van der Waals surface area contributed by atoms with Crippen LogP contribution >= 0.6 is 7.60 Å². The van der Waals surface area contributed by atoms with Crippen molar-refractivity contribution in [2.45, 2.75) is 109 Å². The minimum Gasteiger partial charge on any atom is -0.379 e. The summed E-state index contributed by atoms with van der Waals surface area (Å²) in [6.07, 6.45) is 18.7. The van der Waals surface area contributed by atoms with Crippen molar-refractivity contribution in [3.05, 3.63) is 0 Å². The largest absolute Gasteiger partial charge is 0.379 e. The second-order valence-electron chi connectivity index (χ2n) is 7.71. The molecule has 2 N–H and O–H groups in total. The van der Waals surface area contributed by atoms with Crippen LogP contribution in [0.5, 0.6) is 0 Å². The van der Waals surface area contributed by atoms with Crippen molar-refractivity contribution in [3.63, 3.8) is 0 Å². The zero-order chi connectivity index (χ0) is 20.2. The molecule has 0 saturated carbocycles. The van der Waals surface area contributed by atoms with Gasteiger partial charge in [0.2, 0.25) is 0 Å². The zero-order valence-electron chi connectivity index (χ0n) is 17.9. The Morgan fingerprint density at radius 3 is 1.63 bits per heavy atom. The predicted octanol–water partition coefficient (Wildman–Crippen LogP) is 6.07. The van der Waals surface area contributed by atoms with Crippen LogP contribution in [0.1, 0.15) is 103 Å². The molecule has 1 atom stereocenters. The number of hydrogen-bond donors (Lipinski definition) is 2. The molecule has 0 fully saturated rings. The van der Waals surface area contributed by atoms with Crippen molar-refractivity contribution >= 4 is 7.60 Å². The Hall–Kier alpha value is 0.0700. The SMILES string of the molecule is CCCCCCCCCCCCCCCCOCC(CCP(=O)(O)O)OC. The van der Waals surface area contributed by atoms with Gasteiger partial charge in [-0.15, -0.1) is 0 Å². The molecule has 0 aromatic carbocycles. The maximum atomic E-state index is 10.9. The van der Waals surface area contributed by atoms with Gasteiger partial charge in [0.25, 0.3) is 0 Å². The van der Waals surface area contributed by atoms with E-state index in [1.54, 1.807) is 7.11 Å². The Labute approximate surface area is 167 Å². The number of methoxy groups -OCH3 is 1. The number of hydrogen-bond acceptors (Lipinski definition) is 3. The normalized spacial score (nSPS) is 13.2. The topological polar surface area (TPSA) is 76.0 Å². The molecule has 27 heavy (non-hydrogen) atoms. The summed E-state index contributed by atoms with van der Waals surface area (Å²) in [4.78, 5) is 17.8. The minimum atomic E-state index is -3.94. The first-order chi connectivity index (χ1) is 13.0. The first-order valence-corrected chi connectivity index (χ1v) is 12.9. The van der Waals surface area contributed by atoms with Crippen molar-refractivity contribution in [3.8, 4) is 0 Å². The number of ether oxygens (including phenoxy) is 2. The molecule has 0 spiro atoms. The number of unbranched alkanes of at least 4 members (excludes halogenated alkanes) is 13. The second-order valence-corrected chi connectivity index (χ2v) is 9.48. The molecule has 0 bridgehead atoms. The van der Waals surface area contributed by atoms with Crippen LogP contribution in [0.4, 0.5) is 0 Å². The van der Waals surface area contributed by atoms with Gasteiger partial charge in [0.05, 0.1) is 18.9 Å². The monoisotopic (exact) mass is 408 g/mol. The smallest absolute Gasteiger partial charge is 0.325 e. The first kappa shape index (κ1) is 27.1. The van der Waals surface area contributed by atoms with Crippen molar-refractivity contribution in [2.24, 2.45) is 0 Å². The highest BCUT2D eigenvalue weighted by molar-refractivity contribution is 7.51. The Bertz CT molecular complexity index is 345. The molecule has 0 rings (SSSR count). The van der Waals surface area contributed by atoms with Gasteiger partial charge in [-0.2, -0.15) is 0 Å². The molecular weight excluding hydrogens is 363 g/mol. The van der Waals surface area contributed by atoms with Crippen LogP contribution in [0.2, 0.25) is 0 Å². The highest BCUT2D eigenvalue weighted by atomic mass is 31.2. The lowest BCUT2D eigenvalue weighted by Gasteiger charge is -2.15. The third kappa shape index (κ3) is 22.2. The Kier molecular flexibility index (Phi) is 19.4. The van der Waals surface area contributed by atoms with Gasteiger partial charge < -0.3 is 19.3 Å². The van der Waals surface area contributed by atoms with E-state index in [9.17, 15) is 4.57 Å². The van der Waals surface area contributed by atoms with Crippen LogP contribution in [0.3, 0.4) is 0 Å². The molecular formula is C21H45O5P. The summed E-state index contributed by atoms with van der Waals surface area (Å²) >= 11 is 0. The van der Waals surface area contributed by atoms with Crippen molar-refractivity contribution < 1.29 is 23.8 Å². The summed E-state index contributed by atoms with van der Waals surface area (Å²) in [7, 11) is -2.39. The molecule has 0 radical (unpaired) electrons. The summed E-state index contributed by atoms with van der Waals surface area (Å²) < 4.78 is 21.7. The molecule has 0 amide bonds. The van der Waals surface area contributed by atoms with Gasteiger partial charge in [-0.05, 0) is 12.8 Å². The van der Waals surface area contributed by atoms with E-state index < -0.39 is 7.60 Å². The van der Waals surface area contributed by atoms with Crippen LogP contribution in [0.15, 0.2) is 0 Å². The van der Waals surface area contributed by atoms with E-state index in [4.69, 9.17) is 19.3 Å². The first-order valence-electron chi connectivity index (χ1n) is 11.1. The standard InChI is InChI=1S/C21H45O5P/c1-3-4-5-6-7-8-9-10-11-12-13-14-15-16-18-26-20-21(25-2)17-19-27(22,23)24/h21H,3-20H2,1-2H3,(H2,22,23,24). The molecule has 0 aliphatic carbocycles. The van der Waals surface area contributed by atoms with Gasteiger partial charge in [0.1, 0.15) is 0 Å².